The summed E-state index contributed by atoms with van der Waals surface area (Å²) in [6.45, 7) is 0.794. The zero-order valence-electron chi connectivity index (χ0n) is 16.1. The molecule has 0 radical (unpaired) electrons. The Hall–Kier alpha value is -3.43. The summed E-state index contributed by atoms with van der Waals surface area (Å²) in [5.41, 5.74) is 2.90. The minimum Gasteiger partial charge on any atom is -0.473 e. The number of carboxylic acid groups (broad SMARTS) is 2. The molecule has 162 valence electrons. The number of benzene rings is 2. The number of carbonyl (C=O) groups is 2. The average Bonchev–Trinajstić information content (AvgIpc) is 3.35. The van der Waals surface area contributed by atoms with Crippen molar-refractivity contribution in [2.45, 2.75) is 6.54 Å². The van der Waals surface area contributed by atoms with Gasteiger partial charge in [-0.25, -0.2) is 14.6 Å². The van der Waals surface area contributed by atoms with Crippen molar-refractivity contribution in [3.05, 3.63) is 58.2 Å². The van der Waals surface area contributed by atoms with Crippen LogP contribution in [-0.2, 0) is 23.2 Å². The fraction of sp³-hybridized carbons (Fsp3) is 0.150. The van der Waals surface area contributed by atoms with Gasteiger partial charge in [-0.3, -0.25) is 0 Å². The van der Waals surface area contributed by atoms with E-state index in [2.05, 4.69) is 10.3 Å². The van der Waals surface area contributed by atoms with Crippen LogP contribution >= 0.6 is 23.2 Å². The average molecular weight is 466 g/mol. The maximum absolute atomic E-state index is 9.10. The standard InChI is InChI=1S/C18H15Cl2N3O2.C2H2O4/c1-23-14(11-5-6-15-16(7-11)25-10-24-15)9-22-18(23)21-8-12-3-2-4-13(19)17(12)20;3-1(4)2(5)6/h2-7,9H,8,10H2,1H3,(H,21,22);(H,3,4)(H,5,6). The van der Waals surface area contributed by atoms with Crippen molar-refractivity contribution in [3.8, 4) is 22.8 Å². The van der Waals surface area contributed by atoms with Crippen molar-refractivity contribution >= 4 is 41.1 Å². The smallest absolute Gasteiger partial charge is 0.414 e. The second kappa shape index (κ2) is 9.59. The van der Waals surface area contributed by atoms with Gasteiger partial charge in [0.05, 0.1) is 21.9 Å². The summed E-state index contributed by atoms with van der Waals surface area (Å²) in [6, 6.07) is 11.4. The van der Waals surface area contributed by atoms with E-state index in [9.17, 15) is 0 Å². The van der Waals surface area contributed by atoms with Crippen LogP contribution in [0.3, 0.4) is 0 Å². The number of aliphatic carboxylic acids is 2. The van der Waals surface area contributed by atoms with Gasteiger partial charge < -0.3 is 29.6 Å². The normalized spacial score (nSPS) is 11.5. The van der Waals surface area contributed by atoms with Crippen molar-refractivity contribution in [3.63, 3.8) is 0 Å². The van der Waals surface area contributed by atoms with Crippen LogP contribution in [-0.4, -0.2) is 38.5 Å². The Morgan fingerprint density at radius 3 is 2.55 bits per heavy atom. The molecule has 3 aromatic rings. The van der Waals surface area contributed by atoms with Gasteiger partial charge in [-0.15, -0.1) is 0 Å². The Kier molecular flexibility index (Phi) is 6.88. The number of anilines is 1. The van der Waals surface area contributed by atoms with Gasteiger partial charge in [0.25, 0.3) is 0 Å². The van der Waals surface area contributed by atoms with Gasteiger partial charge in [-0.1, -0.05) is 35.3 Å². The van der Waals surface area contributed by atoms with Crippen molar-refractivity contribution in [1.82, 2.24) is 9.55 Å². The molecule has 3 N–H and O–H groups in total. The van der Waals surface area contributed by atoms with Crippen molar-refractivity contribution in [2.24, 2.45) is 7.05 Å². The number of imidazole rings is 1. The molecule has 1 aliphatic rings. The second-order valence-electron chi connectivity index (χ2n) is 6.27. The minimum absolute atomic E-state index is 0.261. The molecule has 0 fully saturated rings. The van der Waals surface area contributed by atoms with E-state index in [1.807, 2.05) is 48.1 Å². The second-order valence-corrected chi connectivity index (χ2v) is 7.06. The molecule has 1 aromatic heterocycles. The molecule has 0 atom stereocenters. The first-order valence-electron chi connectivity index (χ1n) is 8.82. The van der Waals surface area contributed by atoms with E-state index in [4.69, 9.17) is 52.5 Å². The van der Waals surface area contributed by atoms with Gasteiger partial charge in [0.1, 0.15) is 0 Å². The van der Waals surface area contributed by atoms with Crippen LogP contribution in [0.4, 0.5) is 5.95 Å². The number of nitrogens with one attached hydrogen (secondary N) is 1. The SMILES string of the molecule is Cn1c(-c2ccc3c(c2)OCO3)cnc1NCc1cccc(Cl)c1Cl.O=C(O)C(=O)O. The zero-order valence-corrected chi connectivity index (χ0v) is 17.6. The van der Waals surface area contributed by atoms with Crippen molar-refractivity contribution < 1.29 is 29.3 Å². The van der Waals surface area contributed by atoms with Crippen LogP contribution in [0.15, 0.2) is 42.6 Å². The summed E-state index contributed by atoms with van der Waals surface area (Å²) in [5, 5.41) is 19.2. The van der Waals surface area contributed by atoms with Crippen LogP contribution in [0, 0.1) is 0 Å². The lowest BCUT2D eigenvalue weighted by molar-refractivity contribution is -0.159. The quantitative estimate of drug-likeness (QED) is 0.495. The fourth-order valence-corrected chi connectivity index (χ4v) is 3.14. The van der Waals surface area contributed by atoms with Gasteiger partial charge in [0.15, 0.2) is 11.5 Å². The molecular weight excluding hydrogens is 449 g/mol. The van der Waals surface area contributed by atoms with Gasteiger partial charge in [-0.05, 0) is 29.8 Å². The predicted octanol–water partition coefficient (Wildman–Crippen LogP) is 3.89. The van der Waals surface area contributed by atoms with Gasteiger partial charge in [-0.2, -0.15) is 0 Å². The van der Waals surface area contributed by atoms with E-state index in [-0.39, 0.29) is 6.79 Å². The number of hydrogen-bond acceptors (Lipinski definition) is 6. The third-order valence-electron chi connectivity index (χ3n) is 4.31. The molecule has 0 bridgehead atoms. The number of rotatable bonds is 4. The molecule has 0 amide bonds. The number of halogens is 2. The molecule has 0 unspecified atom stereocenters. The molecular formula is C20H17Cl2N3O6. The lowest BCUT2D eigenvalue weighted by Gasteiger charge is -2.10. The number of carboxylic acids is 2. The van der Waals surface area contributed by atoms with Gasteiger partial charge in [0.2, 0.25) is 12.7 Å². The van der Waals surface area contributed by atoms with E-state index in [0.29, 0.717) is 16.6 Å². The number of fused-ring (bicyclic) bond motifs is 1. The molecule has 11 heteroatoms. The highest BCUT2D eigenvalue weighted by Crippen LogP contribution is 2.36. The third kappa shape index (κ3) is 5.19. The van der Waals surface area contributed by atoms with Gasteiger partial charge >= 0.3 is 11.9 Å². The van der Waals surface area contributed by atoms with E-state index in [1.165, 1.54) is 0 Å². The van der Waals surface area contributed by atoms with Crippen LogP contribution in [0.2, 0.25) is 10.0 Å². The van der Waals surface area contributed by atoms with Crippen molar-refractivity contribution in [2.75, 3.05) is 12.1 Å². The molecule has 2 heterocycles. The maximum atomic E-state index is 9.10. The Bertz CT molecular complexity index is 1120. The van der Waals surface area contributed by atoms with E-state index in [0.717, 1.165) is 34.3 Å². The number of hydrogen-bond donors (Lipinski definition) is 3. The first-order valence-corrected chi connectivity index (χ1v) is 9.58. The van der Waals surface area contributed by atoms with Gasteiger partial charge in [0, 0.05) is 19.2 Å². The highest BCUT2D eigenvalue weighted by atomic mass is 35.5. The lowest BCUT2D eigenvalue weighted by atomic mass is 10.1. The summed E-state index contributed by atoms with van der Waals surface area (Å²) in [7, 11) is 1.95. The lowest BCUT2D eigenvalue weighted by Crippen LogP contribution is -2.09. The summed E-state index contributed by atoms with van der Waals surface area (Å²) in [5.74, 6) is -1.40. The highest BCUT2D eigenvalue weighted by molar-refractivity contribution is 6.42. The number of ether oxygens (including phenoxy) is 2. The maximum Gasteiger partial charge on any atom is 0.414 e. The zero-order chi connectivity index (χ0) is 22.5. The Balaban J connectivity index is 0.000000401. The first kappa shape index (κ1) is 22.3. The highest BCUT2D eigenvalue weighted by Gasteiger charge is 2.16. The summed E-state index contributed by atoms with van der Waals surface area (Å²) in [4.78, 5) is 22.7. The Morgan fingerprint density at radius 2 is 1.84 bits per heavy atom. The Labute approximate surface area is 186 Å². The molecule has 2 aromatic carbocycles. The van der Waals surface area contributed by atoms with Crippen LogP contribution in [0.5, 0.6) is 11.5 Å². The van der Waals surface area contributed by atoms with Crippen LogP contribution < -0.4 is 14.8 Å². The molecule has 0 aliphatic carbocycles. The summed E-state index contributed by atoms with van der Waals surface area (Å²) >= 11 is 12.3. The topological polar surface area (TPSA) is 123 Å². The van der Waals surface area contributed by atoms with Crippen LogP contribution in [0.1, 0.15) is 5.56 Å². The van der Waals surface area contributed by atoms with E-state index >= 15 is 0 Å². The molecule has 31 heavy (non-hydrogen) atoms. The van der Waals surface area contributed by atoms with Crippen molar-refractivity contribution in [1.29, 1.82) is 0 Å². The predicted molar refractivity (Wildman–Crippen MR) is 114 cm³/mol. The monoisotopic (exact) mass is 465 g/mol. The number of aromatic nitrogens is 2. The Morgan fingerprint density at radius 1 is 1.13 bits per heavy atom. The fourth-order valence-electron chi connectivity index (χ4n) is 2.76. The largest absolute Gasteiger partial charge is 0.473 e. The number of nitrogens with zero attached hydrogens (tertiary/aromatic N) is 2. The van der Waals surface area contributed by atoms with Crippen LogP contribution in [0.25, 0.3) is 11.3 Å². The first-order chi connectivity index (χ1) is 14.8. The minimum atomic E-state index is -1.82. The molecule has 0 spiro atoms. The molecule has 0 saturated heterocycles. The molecule has 4 rings (SSSR count). The molecule has 0 saturated carbocycles. The molecule has 1 aliphatic heterocycles. The third-order valence-corrected chi connectivity index (χ3v) is 5.17. The van der Waals surface area contributed by atoms with E-state index in [1.54, 1.807) is 6.07 Å². The molecule has 9 nitrogen and oxygen atoms in total. The summed E-state index contributed by atoms with van der Waals surface area (Å²) < 4.78 is 12.8. The van der Waals surface area contributed by atoms with E-state index < -0.39 is 11.9 Å². The summed E-state index contributed by atoms with van der Waals surface area (Å²) in [6.07, 6.45) is 1.82.